The molecule has 0 atom stereocenters. The molecule has 21 heavy (non-hydrogen) atoms. The third kappa shape index (κ3) is 4.47. The van der Waals surface area contributed by atoms with Crippen LogP contribution in [-0.4, -0.2) is 6.04 Å². The third-order valence-electron chi connectivity index (χ3n) is 3.13. The van der Waals surface area contributed by atoms with Crippen molar-refractivity contribution in [3.8, 4) is 11.5 Å². The highest BCUT2D eigenvalue weighted by atomic mass is 79.9. The molecule has 0 amide bonds. The van der Waals surface area contributed by atoms with Crippen molar-refractivity contribution in [1.29, 1.82) is 0 Å². The van der Waals surface area contributed by atoms with Gasteiger partial charge in [0.25, 0.3) is 0 Å². The molecule has 0 aliphatic heterocycles. The van der Waals surface area contributed by atoms with Crippen LogP contribution in [0.1, 0.15) is 25.0 Å². The summed E-state index contributed by atoms with van der Waals surface area (Å²) in [6.45, 7) is 6.92. The zero-order valence-corrected chi connectivity index (χ0v) is 14.8. The first kappa shape index (κ1) is 16.3. The molecular weight excluding hydrogens is 350 g/mol. The standard InChI is InChI=1S/C17H19BrClNO/c1-11(2)20-10-14-15(19)5-4-6-16(14)21-17-9-13(18)8-7-12(17)3/h4-9,11,20H,10H2,1-3H3. The average molecular weight is 369 g/mol. The van der Waals surface area contributed by atoms with Gasteiger partial charge in [0, 0.05) is 27.6 Å². The largest absolute Gasteiger partial charge is 0.457 e. The van der Waals surface area contributed by atoms with E-state index in [1.165, 1.54) is 0 Å². The normalized spacial score (nSPS) is 11.0. The molecule has 0 spiro atoms. The Bertz CT molecular complexity index is 628. The first-order chi connectivity index (χ1) is 9.97. The third-order valence-corrected chi connectivity index (χ3v) is 3.98. The zero-order chi connectivity index (χ0) is 15.4. The Morgan fingerprint density at radius 3 is 2.67 bits per heavy atom. The van der Waals surface area contributed by atoms with E-state index >= 15 is 0 Å². The number of hydrogen-bond acceptors (Lipinski definition) is 2. The minimum atomic E-state index is 0.390. The van der Waals surface area contributed by atoms with E-state index in [9.17, 15) is 0 Å². The molecule has 0 saturated heterocycles. The summed E-state index contributed by atoms with van der Waals surface area (Å²) in [7, 11) is 0. The van der Waals surface area contributed by atoms with Gasteiger partial charge in [-0.1, -0.05) is 53.5 Å². The molecule has 0 bridgehead atoms. The number of hydrogen-bond donors (Lipinski definition) is 1. The number of ether oxygens (including phenoxy) is 1. The molecule has 0 saturated carbocycles. The fourth-order valence-corrected chi connectivity index (χ4v) is 2.49. The van der Waals surface area contributed by atoms with E-state index in [2.05, 4.69) is 35.1 Å². The first-order valence-corrected chi connectivity index (χ1v) is 8.09. The van der Waals surface area contributed by atoms with Gasteiger partial charge in [0.15, 0.2) is 0 Å². The fourth-order valence-electron chi connectivity index (χ4n) is 1.91. The van der Waals surface area contributed by atoms with E-state index in [-0.39, 0.29) is 0 Å². The average Bonchev–Trinajstić information content (AvgIpc) is 2.42. The van der Waals surface area contributed by atoms with Crippen molar-refractivity contribution < 1.29 is 4.74 Å². The van der Waals surface area contributed by atoms with Crippen LogP contribution in [0.15, 0.2) is 40.9 Å². The highest BCUT2D eigenvalue weighted by molar-refractivity contribution is 9.10. The summed E-state index contributed by atoms with van der Waals surface area (Å²) in [5, 5.41) is 4.10. The minimum Gasteiger partial charge on any atom is -0.457 e. The molecule has 0 fully saturated rings. The van der Waals surface area contributed by atoms with Crippen LogP contribution >= 0.6 is 27.5 Å². The van der Waals surface area contributed by atoms with Gasteiger partial charge in [-0.2, -0.15) is 0 Å². The van der Waals surface area contributed by atoms with E-state index in [0.29, 0.717) is 17.6 Å². The van der Waals surface area contributed by atoms with Crippen molar-refractivity contribution >= 4 is 27.5 Å². The van der Waals surface area contributed by atoms with E-state index < -0.39 is 0 Å². The Kier molecular flexibility index (Phi) is 5.68. The number of benzene rings is 2. The van der Waals surface area contributed by atoms with Gasteiger partial charge in [-0.05, 0) is 36.8 Å². The molecule has 2 aromatic rings. The molecule has 0 radical (unpaired) electrons. The summed E-state index contributed by atoms with van der Waals surface area (Å²) >= 11 is 9.79. The molecule has 2 aromatic carbocycles. The van der Waals surface area contributed by atoms with Gasteiger partial charge >= 0.3 is 0 Å². The highest BCUT2D eigenvalue weighted by Crippen LogP contribution is 2.33. The fraction of sp³-hybridized carbons (Fsp3) is 0.294. The van der Waals surface area contributed by atoms with Crippen LogP contribution < -0.4 is 10.1 Å². The monoisotopic (exact) mass is 367 g/mol. The molecule has 2 nitrogen and oxygen atoms in total. The summed E-state index contributed by atoms with van der Waals surface area (Å²) < 4.78 is 7.07. The lowest BCUT2D eigenvalue weighted by Crippen LogP contribution is -2.22. The van der Waals surface area contributed by atoms with Gasteiger partial charge < -0.3 is 10.1 Å². The van der Waals surface area contributed by atoms with Crippen molar-refractivity contribution in [2.75, 3.05) is 0 Å². The molecule has 1 N–H and O–H groups in total. The zero-order valence-electron chi connectivity index (χ0n) is 12.4. The predicted octanol–water partition coefficient (Wildman–Crippen LogP) is 5.70. The molecular formula is C17H19BrClNO. The second-order valence-corrected chi connectivity index (χ2v) is 6.59. The molecule has 2 rings (SSSR count). The summed E-state index contributed by atoms with van der Waals surface area (Å²) in [4.78, 5) is 0. The number of nitrogens with one attached hydrogen (secondary N) is 1. The van der Waals surface area contributed by atoms with E-state index in [0.717, 1.165) is 27.1 Å². The van der Waals surface area contributed by atoms with Crippen LogP contribution in [0, 0.1) is 6.92 Å². The topological polar surface area (TPSA) is 21.3 Å². The minimum absolute atomic E-state index is 0.390. The van der Waals surface area contributed by atoms with Crippen LogP contribution in [0.2, 0.25) is 5.02 Å². The quantitative estimate of drug-likeness (QED) is 0.730. The van der Waals surface area contributed by atoms with Crippen LogP contribution in [0.25, 0.3) is 0 Å². The smallest absolute Gasteiger partial charge is 0.133 e. The maximum atomic E-state index is 6.32. The van der Waals surface area contributed by atoms with Crippen molar-refractivity contribution in [1.82, 2.24) is 5.32 Å². The summed E-state index contributed by atoms with van der Waals surface area (Å²) in [5.74, 6) is 1.62. The Labute approximate surface area is 139 Å². The summed E-state index contributed by atoms with van der Waals surface area (Å²) in [6, 6.07) is 12.1. The van der Waals surface area contributed by atoms with Crippen molar-refractivity contribution in [2.45, 2.75) is 33.4 Å². The van der Waals surface area contributed by atoms with Gasteiger partial charge in [-0.25, -0.2) is 0 Å². The maximum absolute atomic E-state index is 6.32. The summed E-state index contributed by atoms with van der Waals surface area (Å²) in [6.07, 6.45) is 0. The molecule has 112 valence electrons. The SMILES string of the molecule is Cc1ccc(Br)cc1Oc1cccc(Cl)c1CNC(C)C. The maximum Gasteiger partial charge on any atom is 0.133 e. The lowest BCUT2D eigenvalue weighted by Gasteiger charge is -2.16. The molecule has 0 aliphatic carbocycles. The van der Waals surface area contributed by atoms with Gasteiger partial charge in [0.05, 0.1) is 0 Å². The molecule has 0 unspecified atom stereocenters. The Morgan fingerprint density at radius 2 is 1.95 bits per heavy atom. The second-order valence-electron chi connectivity index (χ2n) is 5.26. The van der Waals surface area contributed by atoms with Gasteiger partial charge in [0.1, 0.15) is 11.5 Å². The summed E-state index contributed by atoms with van der Waals surface area (Å²) in [5.41, 5.74) is 2.06. The number of aryl methyl sites for hydroxylation is 1. The van der Waals surface area contributed by atoms with E-state index in [1.54, 1.807) is 0 Å². The van der Waals surface area contributed by atoms with Gasteiger partial charge in [-0.15, -0.1) is 0 Å². The van der Waals surface area contributed by atoms with Crippen LogP contribution in [0.4, 0.5) is 0 Å². The van der Waals surface area contributed by atoms with Crippen LogP contribution in [0.5, 0.6) is 11.5 Å². The van der Waals surface area contributed by atoms with Crippen molar-refractivity contribution in [3.05, 3.63) is 57.0 Å². The lowest BCUT2D eigenvalue weighted by molar-refractivity contribution is 0.466. The number of rotatable bonds is 5. The Hall–Kier alpha value is -1.03. The van der Waals surface area contributed by atoms with Gasteiger partial charge in [0.2, 0.25) is 0 Å². The highest BCUT2D eigenvalue weighted by Gasteiger charge is 2.11. The van der Waals surface area contributed by atoms with Crippen molar-refractivity contribution in [2.24, 2.45) is 0 Å². The lowest BCUT2D eigenvalue weighted by atomic mass is 10.1. The Morgan fingerprint density at radius 1 is 1.19 bits per heavy atom. The van der Waals surface area contributed by atoms with E-state index in [4.69, 9.17) is 16.3 Å². The van der Waals surface area contributed by atoms with Crippen LogP contribution in [0.3, 0.4) is 0 Å². The second kappa shape index (κ2) is 7.30. The molecule has 4 heteroatoms. The van der Waals surface area contributed by atoms with Crippen LogP contribution in [-0.2, 0) is 6.54 Å². The predicted molar refractivity (Wildman–Crippen MR) is 92.4 cm³/mol. The molecule has 0 aliphatic rings. The van der Waals surface area contributed by atoms with Crippen molar-refractivity contribution in [3.63, 3.8) is 0 Å². The molecule has 0 aromatic heterocycles. The van der Waals surface area contributed by atoms with Gasteiger partial charge in [-0.3, -0.25) is 0 Å². The molecule has 0 heterocycles. The Balaban J connectivity index is 2.31. The first-order valence-electron chi connectivity index (χ1n) is 6.92. The number of halogens is 2. The van der Waals surface area contributed by atoms with E-state index in [1.807, 2.05) is 43.3 Å².